The highest BCUT2D eigenvalue weighted by Gasteiger charge is 2.16. The fourth-order valence-electron chi connectivity index (χ4n) is 1.10. The van der Waals surface area contributed by atoms with Crippen LogP contribution in [0.4, 0.5) is 8.78 Å². The number of halogens is 2. The molecule has 0 aromatic heterocycles. The molecule has 1 aromatic carbocycles. The molecule has 0 bridgehead atoms. The lowest BCUT2D eigenvalue weighted by Crippen LogP contribution is -2.18. The average Bonchev–Trinajstić information content (AvgIpc) is 2.18. The number of nitrogens with two attached hydrogens (primary N) is 1. The molecule has 0 amide bonds. The number of ether oxygens (including phenoxy) is 1. The fraction of sp³-hybridized carbons (Fsp3) is 0.400. The third-order valence-corrected chi connectivity index (χ3v) is 1.85. The second-order valence-corrected chi connectivity index (χ2v) is 2.86. The van der Waals surface area contributed by atoms with E-state index in [1.54, 1.807) is 24.3 Å². The van der Waals surface area contributed by atoms with E-state index in [9.17, 15) is 8.78 Å². The van der Waals surface area contributed by atoms with Crippen molar-refractivity contribution in [1.29, 1.82) is 0 Å². The predicted molar refractivity (Wildman–Crippen MR) is 50.5 cm³/mol. The average molecular weight is 201 g/mol. The van der Waals surface area contributed by atoms with E-state index in [0.717, 1.165) is 0 Å². The zero-order valence-corrected chi connectivity index (χ0v) is 7.91. The minimum atomic E-state index is -2.53. The summed E-state index contributed by atoms with van der Waals surface area (Å²) in [4.78, 5) is 0. The molecule has 1 aromatic rings. The molecule has 1 atom stereocenters. The van der Waals surface area contributed by atoms with Gasteiger partial charge in [-0.1, -0.05) is 12.1 Å². The van der Waals surface area contributed by atoms with Crippen molar-refractivity contribution < 1.29 is 13.5 Å². The van der Waals surface area contributed by atoms with Gasteiger partial charge in [0.05, 0.1) is 12.6 Å². The molecule has 0 heterocycles. The van der Waals surface area contributed by atoms with Crippen LogP contribution in [0.15, 0.2) is 24.3 Å². The van der Waals surface area contributed by atoms with Crippen LogP contribution in [-0.4, -0.2) is 13.0 Å². The van der Waals surface area contributed by atoms with E-state index in [2.05, 4.69) is 0 Å². The topological polar surface area (TPSA) is 35.2 Å². The molecule has 0 fully saturated rings. The number of rotatable bonds is 4. The maximum Gasteiger partial charge on any atom is 0.257 e. The smallest absolute Gasteiger partial charge is 0.257 e. The Hall–Kier alpha value is -1.16. The normalized spacial score (nSPS) is 12.9. The zero-order chi connectivity index (χ0) is 10.6. The van der Waals surface area contributed by atoms with Gasteiger partial charge in [-0.2, -0.15) is 0 Å². The van der Waals surface area contributed by atoms with E-state index >= 15 is 0 Å². The van der Waals surface area contributed by atoms with Crippen molar-refractivity contribution in [2.75, 3.05) is 6.61 Å². The van der Waals surface area contributed by atoms with Gasteiger partial charge in [-0.15, -0.1) is 0 Å². The van der Waals surface area contributed by atoms with Gasteiger partial charge in [0.15, 0.2) is 0 Å². The molecule has 0 saturated carbocycles. The van der Waals surface area contributed by atoms with Crippen LogP contribution in [0.25, 0.3) is 0 Å². The largest absolute Gasteiger partial charge is 0.494 e. The van der Waals surface area contributed by atoms with Crippen LogP contribution in [0, 0.1) is 0 Å². The first-order chi connectivity index (χ1) is 6.65. The summed E-state index contributed by atoms with van der Waals surface area (Å²) in [6, 6.07) is 5.18. The van der Waals surface area contributed by atoms with Crippen LogP contribution in [0.1, 0.15) is 18.5 Å². The lowest BCUT2D eigenvalue weighted by atomic mass is 10.1. The second-order valence-electron chi connectivity index (χ2n) is 2.86. The molecule has 0 radical (unpaired) electrons. The fourth-order valence-corrected chi connectivity index (χ4v) is 1.10. The number of hydrogen-bond acceptors (Lipinski definition) is 2. The first-order valence-corrected chi connectivity index (χ1v) is 4.41. The number of alkyl halides is 2. The van der Waals surface area contributed by atoms with Crippen molar-refractivity contribution in [2.24, 2.45) is 5.73 Å². The molecule has 0 unspecified atom stereocenters. The predicted octanol–water partition coefficient (Wildman–Crippen LogP) is 2.35. The summed E-state index contributed by atoms with van der Waals surface area (Å²) in [5.74, 6) is 0.665. The molecular formula is C10H13F2NO. The van der Waals surface area contributed by atoms with Crippen molar-refractivity contribution in [3.05, 3.63) is 29.8 Å². The summed E-state index contributed by atoms with van der Waals surface area (Å²) >= 11 is 0. The Morgan fingerprint density at radius 1 is 1.29 bits per heavy atom. The summed E-state index contributed by atoms with van der Waals surface area (Å²) in [7, 11) is 0. The van der Waals surface area contributed by atoms with Gasteiger partial charge in [0, 0.05) is 0 Å². The van der Waals surface area contributed by atoms with Crippen molar-refractivity contribution >= 4 is 0 Å². The Morgan fingerprint density at radius 2 is 1.86 bits per heavy atom. The molecule has 14 heavy (non-hydrogen) atoms. The lowest BCUT2D eigenvalue weighted by molar-refractivity contribution is 0.116. The number of benzene rings is 1. The Labute approximate surface area is 81.7 Å². The highest BCUT2D eigenvalue weighted by Crippen LogP contribution is 2.20. The number of hydrogen-bond donors (Lipinski definition) is 1. The van der Waals surface area contributed by atoms with Crippen LogP contribution in [0.3, 0.4) is 0 Å². The quantitative estimate of drug-likeness (QED) is 0.811. The van der Waals surface area contributed by atoms with Gasteiger partial charge in [0.25, 0.3) is 6.43 Å². The van der Waals surface area contributed by atoms with Crippen molar-refractivity contribution in [2.45, 2.75) is 19.4 Å². The Kier molecular flexibility index (Phi) is 3.83. The molecule has 0 aliphatic heterocycles. The molecular weight excluding hydrogens is 188 g/mol. The van der Waals surface area contributed by atoms with E-state index < -0.39 is 12.5 Å². The maximum atomic E-state index is 12.2. The van der Waals surface area contributed by atoms with Gasteiger partial charge in [-0.25, -0.2) is 8.78 Å². The Morgan fingerprint density at radius 3 is 2.29 bits per heavy atom. The zero-order valence-electron chi connectivity index (χ0n) is 7.91. The van der Waals surface area contributed by atoms with Gasteiger partial charge in [0.2, 0.25) is 0 Å². The van der Waals surface area contributed by atoms with Gasteiger partial charge in [0.1, 0.15) is 5.75 Å². The lowest BCUT2D eigenvalue weighted by Gasteiger charge is -2.11. The highest BCUT2D eigenvalue weighted by atomic mass is 19.3. The maximum absolute atomic E-state index is 12.2. The van der Waals surface area contributed by atoms with Crippen LogP contribution in [0.2, 0.25) is 0 Å². The van der Waals surface area contributed by atoms with Gasteiger partial charge in [-0.05, 0) is 24.6 Å². The highest BCUT2D eigenvalue weighted by molar-refractivity contribution is 5.29. The molecule has 4 heteroatoms. The summed E-state index contributed by atoms with van der Waals surface area (Å²) in [5.41, 5.74) is 5.69. The monoisotopic (exact) mass is 201 g/mol. The third-order valence-electron chi connectivity index (χ3n) is 1.85. The van der Waals surface area contributed by atoms with E-state index in [4.69, 9.17) is 10.5 Å². The summed E-state index contributed by atoms with van der Waals surface area (Å²) < 4.78 is 29.6. The second kappa shape index (κ2) is 4.91. The van der Waals surface area contributed by atoms with Gasteiger partial charge < -0.3 is 10.5 Å². The molecule has 0 spiro atoms. The SMILES string of the molecule is CCOc1ccc([C@@H](N)C(F)F)cc1. The molecule has 78 valence electrons. The first-order valence-electron chi connectivity index (χ1n) is 4.41. The van der Waals surface area contributed by atoms with Crippen LogP contribution >= 0.6 is 0 Å². The minimum absolute atomic E-state index is 0.420. The van der Waals surface area contributed by atoms with Crippen molar-refractivity contribution in [3.8, 4) is 5.75 Å². The van der Waals surface area contributed by atoms with Crippen LogP contribution in [-0.2, 0) is 0 Å². The molecule has 2 N–H and O–H groups in total. The molecule has 1 rings (SSSR count). The summed E-state index contributed by atoms with van der Waals surface area (Å²) in [5, 5.41) is 0. The Balaban J connectivity index is 2.72. The van der Waals surface area contributed by atoms with Crippen molar-refractivity contribution in [1.82, 2.24) is 0 Å². The van der Waals surface area contributed by atoms with E-state index in [1.807, 2.05) is 6.92 Å². The van der Waals surface area contributed by atoms with Crippen LogP contribution < -0.4 is 10.5 Å². The standard InChI is InChI=1S/C10H13F2NO/c1-2-14-8-5-3-7(4-6-8)9(13)10(11)12/h3-6,9-10H,2,13H2,1H3/t9-/m1/s1. The molecule has 0 aliphatic rings. The molecule has 2 nitrogen and oxygen atoms in total. The van der Waals surface area contributed by atoms with Gasteiger partial charge in [-0.3, -0.25) is 0 Å². The van der Waals surface area contributed by atoms with Crippen LogP contribution in [0.5, 0.6) is 5.75 Å². The first kappa shape index (κ1) is 10.9. The van der Waals surface area contributed by atoms with E-state index in [-0.39, 0.29) is 0 Å². The Bertz CT molecular complexity index is 274. The van der Waals surface area contributed by atoms with E-state index in [0.29, 0.717) is 17.9 Å². The minimum Gasteiger partial charge on any atom is -0.494 e. The molecule has 0 aliphatic carbocycles. The third kappa shape index (κ3) is 2.67. The molecule has 0 saturated heterocycles. The summed E-state index contributed by atoms with van der Waals surface area (Å²) in [6.45, 7) is 2.42. The van der Waals surface area contributed by atoms with Crippen molar-refractivity contribution in [3.63, 3.8) is 0 Å². The van der Waals surface area contributed by atoms with E-state index in [1.165, 1.54) is 0 Å². The summed E-state index contributed by atoms with van der Waals surface area (Å²) in [6.07, 6.45) is -2.53. The van der Waals surface area contributed by atoms with Gasteiger partial charge >= 0.3 is 0 Å².